The third-order valence-electron chi connectivity index (χ3n) is 4.62. The van der Waals surface area contributed by atoms with Crippen molar-refractivity contribution < 1.29 is 14.3 Å². The monoisotopic (exact) mass is 376 g/mol. The first kappa shape index (κ1) is 17.8. The highest BCUT2D eigenvalue weighted by molar-refractivity contribution is 5.92. The molecule has 4 rings (SSSR count). The van der Waals surface area contributed by atoms with Gasteiger partial charge in [0.1, 0.15) is 24.7 Å². The first-order valence-corrected chi connectivity index (χ1v) is 8.89. The standard InChI is InChI=1S/C21H20N4O3/c1-14-18(20(26)27-2)19(25-21(24-14)22-13-23-25)16-9-6-10-17(11-16)28-12-15-7-4-3-5-8-15/h3-11,13,19H,12H2,1-2H3,(H,22,23,24). The maximum Gasteiger partial charge on any atom is 0.338 e. The molecule has 1 aliphatic rings. The van der Waals surface area contributed by atoms with E-state index >= 15 is 0 Å². The number of ether oxygens (including phenoxy) is 2. The summed E-state index contributed by atoms with van der Waals surface area (Å²) < 4.78 is 12.6. The van der Waals surface area contributed by atoms with Gasteiger partial charge in [0.05, 0.1) is 12.7 Å². The van der Waals surface area contributed by atoms with Crippen LogP contribution in [0.3, 0.4) is 0 Å². The molecule has 0 fully saturated rings. The van der Waals surface area contributed by atoms with E-state index in [-0.39, 0.29) is 0 Å². The lowest BCUT2D eigenvalue weighted by molar-refractivity contribution is -0.136. The molecule has 3 aromatic rings. The van der Waals surface area contributed by atoms with Gasteiger partial charge in [-0.1, -0.05) is 42.5 Å². The molecule has 1 atom stereocenters. The number of aromatic nitrogens is 3. The summed E-state index contributed by atoms with van der Waals surface area (Å²) in [6.45, 7) is 2.29. The zero-order valence-corrected chi connectivity index (χ0v) is 15.6. The van der Waals surface area contributed by atoms with E-state index in [2.05, 4.69) is 15.4 Å². The van der Waals surface area contributed by atoms with Gasteiger partial charge in [-0.15, -0.1) is 0 Å². The Hall–Kier alpha value is -3.61. The van der Waals surface area contributed by atoms with Gasteiger partial charge < -0.3 is 14.8 Å². The number of nitrogens with one attached hydrogen (secondary N) is 1. The smallest absolute Gasteiger partial charge is 0.338 e. The molecule has 7 heteroatoms. The van der Waals surface area contributed by atoms with Crippen molar-refractivity contribution in [1.82, 2.24) is 14.8 Å². The summed E-state index contributed by atoms with van der Waals surface area (Å²) in [6, 6.07) is 17.2. The van der Waals surface area contributed by atoms with Crippen molar-refractivity contribution in [2.45, 2.75) is 19.6 Å². The molecule has 0 saturated heterocycles. The normalized spacial score (nSPS) is 15.6. The number of benzene rings is 2. The molecule has 2 heterocycles. The van der Waals surface area contributed by atoms with Crippen molar-refractivity contribution in [3.8, 4) is 5.75 Å². The fraction of sp³-hybridized carbons (Fsp3) is 0.190. The Kier molecular flexibility index (Phi) is 4.80. The van der Waals surface area contributed by atoms with Gasteiger partial charge >= 0.3 is 5.97 Å². The average Bonchev–Trinajstić information content (AvgIpc) is 3.19. The lowest BCUT2D eigenvalue weighted by atomic mass is 9.95. The maximum absolute atomic E-state index is 12.5. The van der Waals surface area contributed by atoms with Crippen molar-refractivity contribution in [2.24, 2.45) is 0 Å². The number of carbonyl (C=O) groups is 1. The Morgan fingerprint density at radius 2 is 2.00 bits per heavy atom. The third kappa shape index (κ3) is 3.34. The molecule has 2 aromatic carbocycles. The van der Waals surface area contributed by atoms with E-state index in [4.69, 9.17) is 9.47 Å². The van der Waals surface area contributed by atoms with Crippen LogP contribution in [0.25, 0.3) is 0 Å². The number of nitrogens with zero attached hydrogens (tertiary/aromatic N) is 3. The number of esters is 1. The second kappa shape index (κ2) is 7.56. The van der Waals surface area contributed by atoms with E-state index < -0.39 is 12.0 Å². The first-order valence-electron chi connectivity index (χ1n) is 8.89. The van der Waals surface area contributed by atoms with Crippen LogP contribution in [-0.4, -0.2) is 27.8 Å². The van der Waals surface area contributed by atoms with Gasteiger partial charge in [-0.05, 0) is 30.2 Å². The predicted molar refractivity (Wildman–Crippen MR) is 104 cm³/mol. The highest BCUT2D eigenvalue weighted by Crippen LogP contribution is 2.36. The molecule has 7 nitrogen and oxygen atoms in total. The minimum Gasteiger partial charge on any atom is -0.489 e. The Labute approximate surface area is 162 Å². The molecule has 0 bridgehead atoms. The number of anilines is 1. The number of methoxy groups -OCH3 is 1. The fourth-order valence-corrected chi connectivity index (χ4v) is 3.29. The van der Waals surface area contributed by atoms with Crippen molar-refractivity contribution in [3.63, 3.8) is 0 Å². The van der Waals surface area contributed by atoms with E-state index in [1.807, 2.05) is 61.5 Å². The SMILES string of the molecule is COC(=O)C1=C(C)Nc2ncnn2C1c1cccc(OCc2ccccc2)c1. The number of fused-ring (bicyclic) bond motifs is 1. The molecule has 142 valence electrons. The number of rotatable bonds is 5. The molecule has 1 aliphatic heterocycles. The molecule has 1 N–H and O–H groups in total. The van der Waals surface area contributed by atoms with Crippen LogP contribution in [0.1, 0.15) is 24.1 Å². The number of hydrogen-bond donors (Lipinski definition) is 1. The molecule has 1 unspecified atom stereocenters. The number of allylic oxidation sites excluding steroid dienone is 1. The lowest BCUT2D eigenvalue weighted by Crippen LogP contribution is -2.29. The molecule has 0 radical (unpaired) electrons. The van der Waals surface area contributed by atoms with Gasteiger partial charge in [0.25, 0.3) is 0 Å². The third-order valence-corrected chi connectivity index (χ3v) is 4.62. The molecular formula is C21H20N4O3. The second-order valence-electron chi connectivity index (χ2n) is 6.43. The molecule has 0 saturated carbocycles. The van der Waals surface area contributed by atoms with Crippen LogP contribution in [0, 0.1) is 0 Å². The quantitative estimate of drug-likeness (QED) is 0.688. The van der Waals surface area contributed by atoms with Crippen LogP contribution in [0.15, 0.2) is 72.2 Å². The molecule has 0 spiro atoms. The summed E-state index contributed by atoms with van der Waals surface area (Å²) >= 11 is 0. The maximum atomic E-state index is 12.5. The first-order chi connectivity index (χ1) is 13.7. The Balaban J connectivity index is 1.68. The molecular weight excluding hydrogens is 356 g/mol. The summed E-state index contributed by atoms with van der Waals surface area (Å²) in [5.41, 5.74) is 3.12. The fourth-order valence-electron chi connectivity index (χ4n) is 3.29. The summed E-state index contributed by atoms with van der Waals surface area (Å²) in [5, 5.41) is 7.40. The van der Waals surface area contributed by atoms with Crippen LogP contribution in [0.4, 0.5) is 5.95 Å². The summed E-state index contributed by atoms with van der Waals surface area (Å²) in [7, 11) is 1.37. The minimum atomic E-state index is -0.452. The largest absolute Gasteiger partial charge is 0.489 e. The highest BCUT2D eigenvalue weighted by Gasteiger charge is 2.34. The van der Waals surface area contributed by atoms with E-state index in [0.717, 1.165) is 11.1 Å². The van der Waals surface area contributed by atoms with Crippen LogP contribution < -0.4 is 10.1 Å². The van der Waals surface area contributed by atoms with Gasteiger partial charge in [-0.3, -0.25) is 0 Å². The van der Waals surface area contributed by atoms with Gasteiger partial charge in [-0.25, -0.2) is 9.48 Å². The summed E-state index contributed by atoms with van der Waals surface area (Å²) in [5.74, 6) is 0.876. The van der Waals surface area contributed by atoms with E-state index in [9.17, 15) is 4.79 Å². The summed E-state index contributed by atoms with van der Waals surface area (Å²) in [6.07, 6.45) is 1.46. The molecule has 1 aromatic heterocycles. The highest BCUT2D eigenvalue weighted by atomic mass is 16.5. The van der Waals surface area contributed by atoms with Crippen LogP contribution >= 0.6 is 0 Å². The Morgan fingerprint density at radius 1 is 1.18 bits per heavy atom. The second-order valence-corrected chi connectivity index (χ2v) is 6.43. The molecule has 0 aliphatic carbocycles. The van der Waals surface area contributed by atoms with Crippen LogP contribution in [0.5, 0.6) is 5.75 Å². The van der Waals surface area contributed by atoms with E-state index in [1.165, 1.54) is 13.4 Å². The van der Waals surface area contributed by atoms with Crippen LogP contribution in [0.2, 0.25) is 0 Å². The van der Waals surface area contributed by atoms with Crippen molar-refractivity contribution in [3.05, 3.63) is 83.3 Å². The van der Waals surface area contributed by atoms with Gasteiger partial charge in [0, 0.05) is 5.70 Å². The number of carbonyl (C=O) groups excluding carboxylic acids is 1. The average molecular weight is 376 g/mol. The zero-order chi connectivity index (χ0) is 19.5. The van der Waals surface area contributed by atoms with Crippen molar-refractivity contribution in [1.29, 1.82) is 0 Å². The van der Waals surface area contributed by atoms with E-state index in [0.29, 0.717) is 29.6 Å². The topological polar surface area (TPSA) is 78.3 Å². The van der Waals surface area contributed by atoms with Crippen molar-refractivity contribution >= 4 is 11.9 Å². The Bertz CT molecular complexity index is 1030. The van der Waals surface area contributed by atoms with E-state index in [1.54, 1.807) is 4.68 Å². The van der Waals surface area contributed by atoms with Gasteiger partial charge in [0.15, 0.2) is 0 Å². The predicted octanol–water partition coefficient (Wildman–Crippen LogP) is 3.32. The lowest BCUT2D eigenvalue weighted by Gasteiger charge is -2.28. The molecule has 28 heavy (non-hydrogen) atoms. The van der Waals surface area contributed by atoms with Gasteiger partial charge in [0.2, 0.25) is 5.95 Å². The van der Waals surface area contributed by atoms with Crippen molar-refractivity contribution in [2.75, 3.05) is 12.4 Å². The van der Waals surface area contributed by atoms with Gasteiger partial charge in [-0.2, -0.15) is 10.1 Å². The number of hydrogen-bond acceptors (Lipinski definition) is 6. The molecule has 0 amide bonds. The Morgan fingerprint density at radius 3 is 2.79 bits per heavy atom. The van der Waals surface area contributed by atoms with Crippen LogP contribution in [-0.2, 0) is 16.1 Å². The minimum absolute atomic E-state index is 0.410. The summed E-state index contributed by atoms with van der Waals surface area (Å²) in [4.78, 5) is 16.7. The zero-order valence-electron chi connectivity index (χ0n) is 15.6.